The first-order valence-corrected chi connectivity index (χ1v) is 13.1. The van der Waals surface area contributed by atoms with Gasteiger partial charge in [-0.25, -0.2) is 0 Å². The van der Waals surface area contributed by atoms with Crippen LogP contribution in [0.5, 0.6) is 0 Å². The Hall–Kier alpha value is -0.870. The molecule has 8 heteroatoms. The number of fused-ring (bicyclic) bond motifs is 5. The maximum absolute atomic E-state index is 13.3. The first-order valence-electron chi connectivity index (χ1n) is 13.1. The maximum atomic E-state index is 13.3. The summed E-state index contributed by atoms with van der Waals surface area (Å²) < 4.78 is 0. The van der Waals surface area contributed by atoms with E-state index in [-0.39, 0.29) is 43.8 Å². The van der Waals surface area contributed by atoms with Gasteiger partial charge in [0.15, 0.2) is 5.78 Å². The van der Waals surface area contributed by atoms with Crippen LogP contribution >= 0.6 is 0 Å². The highest BCUT2D eigenvalue weighted by Crippen LogP contribution is 2.68. The summed E-state index contributed by atoms with van der Waals surface area (Å²) in [4.78, 5) is 13.3. The van der Waals surface area contributed by atoms with Crippen molar-refractivity contribution in [2.75, 3.05) is 0 Å². The summed E-state index contributed by atoms with van der Waals surface area (Å²) in [5.41, 5.74) is -4.53. The van der Waals surface area contributed by atoms with Gasteiger partial charge in [0, 0.05) is 23.7 Å². The lowest BCUT2D eigenvalue weighted by Gasteiger charge is -2.62. The van der Waals surface area contributed by atoms with Crippen molar-refractivity contribution in [3.05, 3.63) is 11.6 Å². The monoisotopic (exact) mass is 496 g/mol. The van der Waals surface area contributed by atoms with E-state index in [1.807, 2.05) is 27.7 Å². The van der Waals surface area contributed by atoms with Crippen LogP contribution < -0.4 is 0 Å². The average molecular weight is 497 g/mol. The number of carbonyl (C=O) groups excluding carboxylic acids is 1. The maximum Gasteiger partial charge on any atom is 0.159 e. The fourth-order valence-electron chi connectivity index (χ4n) is 8.40. The van der Waals surface area contributed by atoms with Gasteiger partial charge in [0.25, 0.3) is 0 Å². The smallest absolute Gasteiger partial charge is 0.159 e. The number of carbonyl (C=O) groups is 1. The van der Waals surface area contributed by atoms with E-state index in [2.05, 4.69) is 0 Å². The number of rotatable bonds is 5. The second-order valence-electron chi connectivity index (χ2n) is 13.0. The number of aliphatic hydroxyl groups is 7. The van der Waals surface area contributed by atoms with Crippen LogP contribution in [0.15, 0.2) is 11.6 Å². The van der Waals surface area contributed by atoms with E-state index in [4.69, 9.17) is 0 Å². The molecule has 8 nitrogen and oxygen atoms in total. The highest BCUT2D eigenvalue weighted by Gasteiger charge is 2.71. The molecule has 3 fully saturated rings. The Morgan fingerprint density at radius 3 is 2.31 bits per heavy atom. The Labute approximate surface area is 207 Å². The van der Waals surface area contributed by atoms with Gasteiger partial charge in [0.1, 0.15) is 0 Å². The summed E-state index contributed by atoms with van der Waals surface area (Å²) in [6.45, 7) is 8.87. The minimum Gasteiger partial charge on any atom is -0.393 e. The second-order valence-corrected chi connectivity index (χ2v) is 13.0. The van der Waals surface area contributed by atoms with Crippen molar-refractivity contribution in [1.29, 1.82) is 0 Å². The lowest BCUT2D eigenvalue weighted by molar-refractivity contribution is -0.198. The number of allylic oxidation sites excluding steroid dienone is 1. The van der Waals surface area contributed by atoms with E-state index in [9.17, 15) is 40.5 Å². The quantitative estimate of drug-likeness (QED) is 0.293. The molecule has 3 saturated carbocycles. The Kier molecular flexibility index (Phi) is 6.66. The molecule has 35 heavy (non-hydrogen) atoms. The second kappa shape index (κ2) is 8.58. The van der Waals surface area contributed by atoms with E-state index >= 15 is 0 Å². The molecule has 0 aromatic carbocycles. The standard InChI is InChI=1S/C27H44O8/c1-13(2)16(28)10-22(33)26(5,34)21-6-7-27(35)15-9-17(29)14-8-18(30)19(31)11-24(14,3)23(15)20(32)12-25(21,27)4/h9,13-14,16,18-23,28,30-35H,6-8,10-12H2,1-5H3/t14?,16?,18?,19?,20?,21?,22?,23?,24-,25+,26+,27+/m0/s1. The molecule has 0 amide bonds. The van der Waals surface area contributed by atoms with Crippen LogP contribution in [0.25, 0.3) is 0 Å². The Morgan fingerprint density at radius 1 is 1.09 bits per heavy atom. The number of hydrogen-bond acceptors (Lipinski definition) is 8. The largest absolute Gasteiger partial charge is 0.393 e. The minimum absolute atomic E-state index is 0.0119. The van der Waals surface area contributed by atoms with Gasteiger partial charge in [-0.3, -0.25) is 4.79 Å². The summed E-state index contributed by atoms with van der Waals surface area (Å²) in [7, 11) is 0. The van der Waals surface area contributed by atoms with Crippen molar-refractivity contribution in [3.8, 4) is 0 Å². The van der Waals surface area contributed by atoms with Crippen molar-refractivity contribution < 1.29 is 40.5 Å². The van der Waals surface area contributed by atoms with Crippen LogP contribution in [0.2, 0.25) is 0 Å². The SMILES string of the molecule is CC(C)C(O)CC(O)[C@](C)(O)C1CC[C@@]2(O)C3=CC(=O)C4CC(O)C(O)C[C@]4(C)C3C(O)C[C@]12C. The number of aliphatic hydroxyl groups excluding tert-OH is 5. The molecule has 0 heterocycles. The van der Waals surface area contributed by atoms with E-state index in [1.54, 1.807) is 0 Å². The molecule has 0 spiro atoms. The highest BCUT2D eigenvalue weighted by atomic mass is 16.3. The molecule has 7 N–H and O–H groups in total. The molecule has 0 saturated heterocycles. The Morgan fingerprint density at radius 2 is 1.71 bits per heavy atom. The molecular formula is C27H44O8. The van der Waals surface area contributed by atoms with Crippen molar-refractivity contribution in [3.63, 3.8) is 0 Å². The third-order valence-electron chi connectivity index (χ3n) is 10.7. The molecule has 0 radical (unpaired) electrons. The summed E-state index contributed by atoms with van der Waals surface area (Å²) in [5, 5.41) is 77.3. The van der Waals surface area contributed by atoms with Gasteiger partial charge < -0.3 is 35.7 Å². The summed E-state index contributed by atoms with van der Waals surface area (Å²) in [6, 6.07) is 0. The molecule has 0 aliphatic heterocycles. The molecule has 12 atom stereocenters. The van der Waals surface area contributed by atoms with E-state index < -0.39 is 70.3 Å². The molecule has 4 aliphatic carbocycles. The molecule has 8 unspecified atom stereocenters. The first-order chi connectivity index (χ1) is 16.0. The summed E-state index contributed by atoms with van der Waals surface area (Å²) in [5.74, 6) is -2.03. The van der Waals surface area contributed by atoms with E-state index in [1.165, 1.54) is 13.0 Å². The van der Waals surface area contributed by atoms with Crippen molar-refractivity contribution in [2.45, 2.75) is 115 Å². The van der Waals surface area contributed by atoms with Gasteiger partial charge in [0.05, 0.1) is 41.7 Å². The third kappa shape index (κ3) is 3.78. The van der Waals surface area contributed by atoms with E-state index in [0.717, 1.165) is 0 Å². The predicted octanol–water partition coefficient (Wildman–Crippen LogP) is 0.681. The average Bonchev–Trinajstić information content (AvgIpc) is 3.01. The lowest BCUT2D eigenvalue weighted by atomic mass is 9.44. The highest BCUT2D eigenvalue weighted by molar-refractivity contribution is 5.95. The van der Waals surface area contributed by atoms with Gasteiger partial charge in [-0.1, -0.05) is 27.7 Å². The molecule has 4 aliphatic rings. The zero-order valence-corrected chi connectivity index (χ0v) is 21.6. The summed E-state index contributed by atoms with van der Waals surface area (Å²) >= 11 is 0. The molecule has 200 valence electrons. The van der Waals surface area contributed by atoms with Crippen molar-refractivity contribution in [2.24, 2.45) is 34.5 Å². The molecule has 0 bridgehead atoms. The van der Waals surface area contributed by atoms with Gasteiger partial charge in [-0.2, -0.15) is 0 Å². The van der Waals surface area contributed by atoms with Gasteiger partial charge in [0.2, 0.25) is 0 Å². The zero-order valence-electron chi connectivity index (χ0n) is 21.6. The van der Waals surface area contributed by atoms with Crippen molar-refractivity contribution in [1.82, 2.24) is 0 Å². The van der Waals surface area contributed by atoms with Crippen LogP contribution in [0.3, 0.4) is 0 Å². The fourth-order valence-corrected chi connectivity index (χ4v) is 8.40. The van der Waals surface area contributed by atoms with Crippen LogP contribution in [0.1, 0.15) is 73.1 Å². The molecule has 4 rings (SSSR count). The van der Waals surface area contributed by atoms with Crippen LogP contribution in [0.4, 0.5) is 0 Å². The normalized spacial score (nSPS) is 48.9. The van der Waals surface area contributed by atoms with Crippen LogP contribution in [0, 0.1) is 34.5 Å². The lowest BCUT2D eigenvalue weighted by Crippen LogP contribution is -2.66. The third-order valence-corrected chi connectivity index (χ3v) is 10.7. The van der Waals surface area contributed by atoms with Crippen molar-refractivity contribution >= 4 is 5.78 Å². The van der Waals surface area contributed by atoms with Gasteiger partial charge >= 0.3 is 0 Å². The van der Waals surface area contributed by atoms with Gasteiger partial charge in [-0.05, 0) is 67.9 Å². The van der Waals surface area contributed by atoms with Crippen LogP contribution in [-0.4, -0.2) is 83.3 Å². The van der Waals surface area contributed by atoms with E-state index in [0.29, 0.717) is 12.0 Å². The zero-order chi connectivity index (χ0) is 26.3. The number of ketones is 1. The predicted molar refractivity (Wildman–Crippen MR) is 128 cm³/mol. The molecule has 0 aromatic rings. The summed E-state index contributed by atoms with van der Waals surface area (Å²) in [6.07, 6.45) is -2.52. The molecular weight excluding hydrogens is 452 g/mol. The van der Waals surface area contributed by atoms with Gasteiger partial charge in [-0.15, -0.1) is 0 Å². The minimum atomic E-state index is -1.64. The molecule has 0 aromatic heterocycles. The number of hydrogen-bond donors (Lipinski definition) is 7. The Bertz CT molecular complexity index is 884. The first kappa shape index (κ1) is 27.2. The topological polar surface area (TPSA) is 159 Å². The van der Waals surface area contributed by atoms with Crippen LogP contribution in [-0.2, 0) is 4.79 Å². The Balaban J connectivity index is 1.72. The fraction of sp³-hybridized carbons (Fsp3) is 0.889.